The summed E-state index contributed by atoms with van der Waals surface area (Å²) in [7, 11) is 0. The highest BCUT2D eigenvalue weighted by Gasteiger charge is 2.38. The Bertz CT molecular complexity index is 277. The number of nitrogens with zero attached hydrogens (tertiary/aromatic N) is 1. The number of hydrogen-bond donors (Lipinski definition) is 2. The first-order valence-corrected chi connectivity index (χ1v) is 6.47. The van der Waals surface area contributed by atoms with Crippen LogP contribution in [0.5, 0.6) is 0 Å². The normalized spacial score (nSPS) is 28.7. The Labute approximate surface area is 102 Å². The van der Waals surface area contributed by atoms with E-state index in [9.17, 15) is 9.90 Å². The molecule has 1 unspecified atom stereocenters. The van der Waals surface area contributed by atoms with E-state index in [4.69, 9.17) is 4.74 Å². The van der Waals surface area contributed by atoms with Gasteiger partial charge in [0.05, 0.1) is 11.6 Å². The van der Waals surface area contributed by atoms with Crippen molar-refractivity contribution in [2.75, 3.05) is 32.8 Å². The lowest BCUT2D eigenvalue weighted by molar-refractivity contribution is -0.136. The van der Waals surface area contributed by atoms with Gasteiger partial charge in [-0.3, -0.25) is 4.79 Å². The number of β-amino-alcohol motifs (C(OH)–C–C–N with tert-alkyl or cyclic N) is 1. The number of hydrogen-bond acceptors (Lipinski definition) is 4. The van der Waals surface area contributed by atoms with Crippen LogP contribution < -0.4 is 5.32 Å². The fourth-order valence-corrected chi connectivity index (χ4v) is 2.60. The Kier molecular flexibility index (Phi) is 4.01. The summed E-state index contributed by atoms with van der Waals surface area (Å²) in [6.45, 7) is 5.20. The highest BCUT2D eigenvalue weighted by molar-refractivity contribution is 5.84. The summed E-state index contributed by atoms with van der Waals surface area (Å²) in [4.78, 5) is 13.8. The molecule has 5 nitrogen and oxygen atoms in total. The molecule has 0 saturated carbocycles. The summed E-state index contributed by atoms with van der Waals surface area (Å²) in [6, 6.07) is -0.0524. The third-order valence-corrected chi connectivity index (χ3v) is 3.66. The van der Waals surface area contributed by atoms with Crippen LogP contribution >= 0.6 is 0 Å². The molecular formula is C12H22N2O3. The summed E-state index contributed by atoms with van der Waals surface area (Å²) in [6.07, 6.45) is 2.10. The zero-order chi connectivity index (χ0) is 12.3. The number of amides is 1. The van der Waals surface area contributed by atoms with Crippen LogP contribution in [0.4, 0.5) is 0 Å². The first-order chi connectivity index (χ1) is 8.14. The summed E-state index contributed by atoms with van der Waals surface area (Å²) in [5.41, 5.74) is -0.741. The molecule has 2 heterocycles. The summed E-state index contributed by atoms with van der Waals surface area (Å²) in [5, 5.41) is 13.5. The lowest BCUT2D eigenvalue weighted by Crippen LogP contribution is -2.49. The molecule has 0 bridgehead atoms. The molecule has 0 spiro atoms. The van der Waals surface area contributed by atoms with Gasteiger partial charge in [0.25, 0.3) is 0 Å². The van der Waals surface area contributed by atoms with Gasteiger partial charge < -0.3 is 20.1 Å². The molecule has 0 radical (unpaired) electrons. The van der Waals surface area contributed by atoms with Crippen LogP contribution in [0.15, 0.2) is 0 Å². The molecule has 0 aromatic carbocycles. The topological polar surface area (TPSA) is 61.8 Å². The molecule has 2 rings (SSSR count). The van der Waals surface area contributed by atoms with Crippen molar-refractivity contribution in [3.63, 3.8) is 0 Å². The van der Waals surface area contributed by atoms with Gasteiger partial charge in [-0.1, -0.05) is 6.92 Å². The Balaban J connectivity index is 1.89. The molecule has 1 amide bonds. The maximum Gasteiger partial charge on any atom is 0.239 e. The van der Waals surface area contributed by atoms with Gasteiger partial charge in [0.15, 0.2) is 0 Å². The Hall–Kier alpha value is -0.650. The lowest BCUT2D eigenvalue weighted by Gasteiger charge is -2.35. The molecular weight excluding hydrogens is 220 g/mol. The van der Waals surface area contributed by atoms with E-state index in [0.29, 0.717) is 32.6 Å². The Morgan fingerprint density at radius 3 is 2.88 bits per heavy atom. The first kappa shape index (κ1) is 12.8. The number of nitrogens with one attached hydrogen (secondary N) is 1. The van der Waals surface area contributed by atoms with Crippen molar-refractivity contribution in [3.05, 3.63) is 0 Å². The fraction of sp³-hybridized carbons (Fsp3) is 0.917. The molecule has 2 aliphatic rings. The highest BCUT2D eigenvalue weighted by atomic mass is 16.5. The van der Waals surface area contributed by atoms with Crippen molar-refractivity contribution in [3.8, 4) is 0 Å². The van der Waals surface area contributed by atoms with E-state index in [2.05, 4.69) is 5.32 Å². The van der Waals surface area contributed by atoms with Crippen LogP contribution in [0.2, 0.25) is 0 Å². The smallest absolute Gasteiger partial charge is 0.239 e. The van der Waals surface area contributed by atoms with E-state index < -0.39 is 5.60 Å². The van der Waals surface area contributed by atoms with Crippen molar-refractivity contribution >= 4 is 5.91 Å². The van der Waals surface area contributed by atoms with Crippen molar-refractivity contribution in [1.29, 1.82) is 0 Å². The minimum Gasteiger partial charge on any atom is -0.388 e. The maximum absolute atomic E-state index is 12.0. The fourth-order valence-electron chi connectivity index (χ4n) is 2.60. The molecule has 1 atom stereocenters. The van der Waals surface area contributed by atoms with Gasteiger partial charge in [-0.25, -0.2) is 0 Å². The van der Waals surface area contributed by atoms with Crippen LogP contribution in [0, 0.1) is 0 Å². The molecule has 0 aromatic heterocycles. The van der Waals surface area contributed by atoms with E-state index in [-0.39, 0.29) is 11.9 Å². The zero-order valence-electron chi connectivity index (χ0n) is 10.4. The zero-order valence-corrected chi connectivity index (χ0v) is 10.4. The van der Waals surface area contributed by atoms with Gasteiger partial charge in [0, 0.05) is 39.1 Å². The second-order valence-corrected chi connectivity index (χ2v) is 5.00. The number of carbonyl (C=O) groups is 1. The Morgan fingerprint density at radius 1 is 1.53 bits per heavy atom. The van der Waals surface area contributed by atoms with Gasteiger partial charge >= 0.3 is 0 Å². The molecule has 2 N–H and O–H groups in total. The number of ether oxygens (including phenoxy) is 1. The van der Waals surface area contributed by atoms with E-state index in [1.54, 1.807) is 4.90 Å². The Morgan fingerprint density at radius 2 is 2.24 bits per heavy atom. The van der Waals surface area contributed by atoms with E-state index >= 15 is 0 Å². The molecule has 98 valence electrons. The van der Waals surface area contributed by atoms with E-state index in [1.165, 1.54) is 0 Å². The second kappa shape index (κ2) is 5.33. The number of rotatable bonds is 4. The largest absolute Gasteiger partial charge is 0.388 e. The third kappa shape index (κ3) is 2.97. The van der Waals surface area contributed by atoms with Crippen molar-refractivity contribution in [2.24, 2.45) is 0 Å². The van der Waals surface area contributed by atoms with Crippen LogP contribution in [-0.4, -0.2) is 60.4 Å². The van der Waals surface area contributed by atoms with Crippen molar-refractivity contribution in [2.45, 2.75) is 37.8 Å². The van der Waals surface area contributed by atoms with Gasteiger partial charge in [-0.15, -0.1) is 0 Å². The number of carbonyl (C=O) groups excluding carboxylic acids is 1. The highest BCUT2D eigenvalue weighted by Crippen LogP contribution is 2.24. The molecule has 2 aliphatic heterocycles. The molecule has 2 fully saturated rings. The second-order valence-electron chi connectivity index (χ2n) is 5.00. The number of aliphatic hydroxyl groups is 1. The van der Waals surface area contributed by atoms with Gasteiger partial charge in [-0.2, -0.15) is 0 Å². The van der Waals surface area contributed by atoms with Crippen molar-refractivity contribution in [1.82, 2.24) is 10.2 Å². The summed E-state index contributed by atoms with van der Waals surface area (Å²) < 4.78 is 5.24. The maximum atomic E-state index is 12.0. The number of likely N-dealkylation sites (tertiary alicyclic amines) is 1. The van der Waals surface area contributed by atoms with Crippen LogP contribution in [-0.2, 0) is 9.53 Å². The third-order valence-electron chi connectivity index (χ3n) is 3.66. The first-order valence-electron chi connectivity index (χ1n) is 6.47. The monoisotopic (exact) mass is 242 g/mol. The van der Waals surface area contributed by atoms with Gasteiger partial charge in [-0.05, 0) is 13.0 Å². The molecule has 2 saturated heterocycles. The standard InChI is InChI=1S/C12H22N2O3/c1-2-13-10-3-6-14(11(10)15)9-12(16)4-7-17-8-5-12/h10,13,16H,2-9H2,1H3. The van der Waals surface area contributed by atoms with Crippen LogP contribution in [0.1, 0.15) is 26.2 Å². The minimum absolute atomic E-state index is 0.0524. The SMILES string of the molecule is CCNC1CCN(CC2(O)CCOCC2)C1=O. The molecule has 0 aliphatic carbocycles. The predicted octanol–water partition coefficient (Wildman–Crippen LogP) is -0.262. The molecule has 5 heteroatoms. The van der Waals surface area contributed by atoms with Gasteiger partial charge in [0.1, 0.15) is 0 Å². The quantitative estimate of drug-likeness (QED) is 0.713. The lowest BCUT2D eigenvalue weighted by atomic mass is 9.94. The number of likely N-dealkylation sites (N-methyl/N-ethyl adjacent to an activating group) is 1. The molecule has 0 aromatic rings. The summed E-state index contributed by atoms with van der Waals surface area (Å²) >= 11 is 0. The van der Waals surface area contributed by atoms with Crippen LogP contribution in [0.25, 0.3) is 0 Å². The average Bonchev–Trinajstić information content (AvgIpc) is 2.63. The van der Waals surface area contributed by atoms with E-state index in [0.717, 1.165) is 19.5 Å². The predicted molar refractivity (Wildman–Crippen MR) is 63.7 cm³/mol. The van der Waals surface area contributed by atoms with Crippen molar-refractivity contribution < 1.29 is 14.6 Å². The average molecular weight is 242 g/mol. The van der Waals surface area contributed by atoms with Crippen LogP contribution in [0.3, 0.4) is 0 Å². The molecule has 17 heavy (non-hydrogen) atoms. The summed E-state index contributed by atoms with van der Waals surface area (Å²) in [5.74, 6) is 0.131. The van der Waals surface area contributed by atoms with E-state index in [1.807, 2.05) is 6.92 Å². The minimum atomic E-state index is -0.741. The van der Waals surface area contributed by atoms with Gasteiger partial charge in [0.2, 0.25) is 5.91 Å².